The Morgan fingerprint density at radius 1 is 1.90 bits per heavy atom. The van der Waals surface area contributed by atoms with Crippen LogP contribution in [-0.4, -0.2) is 27.2 Å². The molecule has 0 aliphatic carbocycles. The lowest BCUT2D eigenvalue weighted by Gasteiger charge is -1.98. The third kappa shape index (κ3) is 2.64. The zero-order chi connectivity index (χ0) is 7.40. The summed E-state index contributed by atoms with van der Waals surface area (Å²) in [6, 6.07) is 0. The average Bonchev–Trinajstić information content (AvgIpc) is 2.34. The first-order valence-electron chi connectivity index (χ1n) is 2.86. The second-order valence-corrected chi connectivity index (χ2v) is 3.97. The molecule has 3 nitrogen and oxygen atoms in total. The van der Waals surface area contributed by atoms with Gasteiger partial charge in [-0.1, -0.05) is 23.1 Å². The summed E-state index contributed by atoms with van der Waals surface area (Å²) in [6.45, 7) is 1.76. The van der Waals surface area contributed by atoms with Crippen molar-refractivity contribution in [3.8, 4) is 0 Å². The lowest BCUT2D eigenvalue weighted by atomic mass is 10.5. The molecule has 1 rings (SSSR count). The van der Waals surface area contributed by atoms with Gasteiger partial charge in [-0.05, 0) is 6.92 Å². The standard InChI is InChI=1S/C5H8N2OS2/c1-4(8)2-9-5-7-6-3-10-5/h3-4,8H,2H2,1H3. The maximum Gasteiger partial charge on any atom is 0.174 e. The third-order valence-corrected chi connectivity index (χ3v) is 2.89. The van der Waals surface area contributed by atoms with Gasteiger partial charge in [0.25, 0.3) is 0 Å². The van der Waals surface area contributed by atoms with Gasteiger partial charge in [-0.25, -0.2) is 0 Å². The van der Waals surface area contributed by atoms with E-state index in [1.165, 1.54) is 23.1 Å². The fraction of sp³-hybridized carbons (Fsp3) is 0.600. The molecule has 56 valence electrons. The van der Waals surface area contributed by atoms with Crippen LogP contribution >= 0.6 is 23.1 Å². The van der Waals surface area contributed by atoms with Crippen molar-refractivity contribution in [2.45, 2.75) is 17.4 Å². The van der Waals surface area contributed by atoms with Crippen LogP contribution in [0.4, 0.5) is 0 Å². The Morgan fingerprint density at radius 3 is 3.20 bits per heavy atom. The first-order valence-corrected chi connectivity index (χ1v) is 4.72. The molecule has 0 aliphatic rings. The van der Waals surface area contributed by atoms with Crippen molar-refractivity contribution in [2.24, 2.45) is 0 Å². The number of aliphatic hydroxyl groups excluding tert-OH is 1. The van der Waals surface area contributed by atoms with Crippen molar-refractivity contribution >= 4 is 23.1 Å². The molecule has 0 aliphatic heterocycles. The Hall–Kier alpha value is -0.130. The number of nitrogens with zero attached hydrogens (tertiary/aromatic N) is 2. The van der Waals surface area contributed by atoms with Gasteiger partial charge in [0, 0.05) is 5.75 Å². The summed E-state index contributed by atoms with van der Waals surface area (Å²) < 4.78 is 0.918. The minimum absolute atomic E-state index is 0.270. The first kappa shape index (κ1) is 7.97. The van der Waals surface area contributed by atoms with Gasteiger partial charge in [0.2, 0.25) is 0 Å². The van der Waals surface area contributed by atoms with E-state index in [1.54, 1.807) is 12.4 Å². The number of aromatic nitrogens is 2. The normalized spacial score (nSPS) is 13.4. The molecular formula is C5H8N2OS2. The van der Waals surface area contributed by atoms with Gasteiger partial charge in [0.05, 0.1) is 6.10 Å². The molecule has 0 aromatic carbocycles. The molecule has 0 radical (unpaired) electrons. The third-order valence-electron chi connectivity index (χ3n) is 0.788. The van der Waals surface area contributed by atoms with E-state index < -0.39 is 0 Å². The van der Waals surface area contributed by atoms with Crippen LogP contribution in [0.1, 0.15) is 6.92 Å². The maximum atomic E-state index is 8.89. The topological polar surface area (TPSA) is 46.0 Å². The Labute approximate surface area is 67.5 Å². The summed E-state index contributed by atoms with van der Waals surface area (Å²) in [5, 5.41) is 16.4. The van der Waals surface area contributed by atoms with Gasteiger partial charge < -0.3 is 5.11 Å². The highest BCUT2D eigenvalue weighted by Crippen LogP contribution is 2.19. The minimum Gasteiger partial charge on any atom is -0.393 e. The Kier molecular flexibility index (Phi) is 3.11. The van der Waals surface area contributed by atoms with E-state index in [-0.39, 0.29) is 6.10 Å². The molecule has 10 heavy (non-hydrogen) atoms. The number of thioether (sulfide) groups is 1. The van der Waals surface area contributed by atoms with E-state index in [4.69, 9.17) is 5.11 Å². The SMILES string of the molecule is CC(O)CSc1nncs1. The molecule has 5 heteroatoms. The molecule has 0 saturated carbocycles. The number of rotatable bonds is 3. The van der Waals surface area contributed by atoms with E-state index in [1.807, 2.05) is 0 Å². The Morgan fingerprint density at radius 2 is 2.70 bits per heavy atom. The second-order valence-electron chi connectivity index (χ2n) is 1.86. The zero-order valence-electron chi connectivity index (χ0n) is 5.52. The zero-order valence-corrected chi connectivity index (χ0v) is 7.15. The summed E-state index contributed by atoms with van der Waals surface area (Å²) in [4.78, 5) is 0. The van der Waals surface area contributed by atoms with Gasteiger partial charge >= 0.3 is 0 Å². The summed E-state index contributed by atoms with van der Waals surface area (Å²) in [7, 11) is 0. The van der Waals surface area contributed by atoms with Crippen LogP contribution in [0.15, 0.2) is 9.85 Å². The van der Waals surface area contributed by atoms with E-state index in [0.29, 0.717) is 5.75 Å². The number of hydrogen-bond acceptors (Lipinski definition) is 5. The molecule has 0 spiro atoms. The van der Waals surface area contributed by atoms with Crippen LogP contribution in [-0.2, 0) is 0 Å². The van der Waals surface area contributed by atoms with Crippen molar-refractivity contribution in [3.05, 3.63) is 5.51 Å². The predicted molar refractivity (Wildman–Crippen MR) is 42.3 cm³/mol. The molecule has 1 N–H and O–H groups in total. The largest absolute Gasteiger partial charge is 0.393 e. The molecule has 1 unspecified atom stereocenters. The lowest BCUT2D eigenvalue weighted by molar-refractivity contribution is 0.220. The maximum absolute atomic E-state index is 8.89. The van der Waals surface area contributed by atoms with Crippen LogP contribution < -0.4 is 0 Å². The number of aliphatic hydroxyl groups is 1. The smallest absolute Gasteiger partial charge is 0.174 e. The fourth-order valence-corrected chi connectivity index (χ4v) is 1.79. The molecule has 0 amide bonds. The molecule has 1 aromatic rings. The molecular weight excluding hydrogens is 168 g/mol. The van der Waals surface area contributed by atoms with Gasteiger partial charge in [-0.2, -0.15) is 0 Å². The summed E-state index contributed by atoms with van der Waals surface area (Å²) in [6.07, 6.45) is -0.270. The number of hydrogen-bond donors (Lipinski definition) is 1. The Bertz CT molecular complexity index is 176. The van der Waals surface area contributed by atoms with Crippen molar-refractivity contribution in [1.82, 2.24) is 10.2 Å². The van der Waals surface area contributed by atoms with Crippen LogP contribution in [0.25, 0.3) is 0 Å². The predicted octanol–water partition coefficient (Wildman–Crippen LogP) is 1.01. The lowest BCUT2D eigenvalue weighted by Crippen LogP contribution is -2.01. The van der Waals surface area contributed by atoms with E-state index in [9.17, 15) is 0 Å². The first-order chi connectivity index (χ1) is 4.79. The quantitative estimate of drug-likeness (QED) is 0.698. The van der Waals surface area contributed by atoms with Gasteiger partial charge in [0.15, 0.2) is 4.34 Å². The molecule has 1 heterocycles. The van der Waals surface area contributed by atoms with E-state index >= 15 is 0 Å². The van der Waals surface area contributed by atoms with Gasteiger partial charge in [0.1, 0.15) is 5.51 Å². The van der Waals surface area contributed by atoms with Crippen LogP contribution in [0, 0.1) is 0 Å². The van der Waals surface area contributed by atoms with Crippen molar-refractivity contribution in [3.63, 3.8) is 0 Å². The van der Waals surface area contributed by atoms with Crippen LogP contribution in [0.5, 0.6) is 0 Å². The van der Waals surface area contributed by atoms with E-state index in [2.05, 4.69) is 10.2 Å². The van der Waals surface area contributed by atoms with Crippen molar-refractivity contribution < 1.29 is 5.11 Å². The molecule has 0 bridgehead atoms. The highest BCUT2D eigenvalue weighted by molar-refractivity contribution is 8.01. The van der Waals surface area contributed by atoms with Crippen molar-refractivity contribution in [1.29, 1.82) is 0 Å². The molecule has 1 aromatic heterocycles. The Balaban J connectivity index is 2.28. The van der Waals surface area contributed by atoms with E-state index in [0.717, 1.165) is 4.34 Å². The molecule has 1 atom stereocenters. The van der Waals surface area contributed by atoms with Crippen LogP contribution in [0.3, 0.4) is 0 Å². The molecule has 0 saturated heterocycles. The summed E-state index contributed by atoms with van der Waals surface area (Å²) in [5.41, 5.74) is 1.68. The highest BCUT2D eigenvalue weighted by Gasteiger charge is 1.99. The van der Waals surface area contributed by atoms with Gasteiger partial charge in [-0.3, -0.25) is 0 Å². The second kappa shape index (κ2) is 3.90. The van der Waals surface area contributed by atoms with Crippen molar-refractivity contribution in [2.75, 3.05) is 5.75 Å². The summed E-state index contributed by atoms with van der Waals surface area (Å²) in [5.74, 6) is 0.690. The van der Waals surface area contributed by atoms with Crippen LogP contribution in [0.2, 0.25) is 0 Å². The molecule has 0 fully saturated rings. The highest BCUT2D eigenvalue weighted by atomic mass is 32.2. The summed E-state index contributed by atoms with van der Waals surface area (Å²) >= 11 is 3.02. The fourth-order valence-electron chi connectivity index (χ4n) is 0.418. The minimum atomic E-state index is -0.270. The monoisotopic (exact) mass is 176 g/mol. The average molecular weight is 176 g/mol. The van der Waals surface area contributed by atoms with Gasteiger partial charge in [-0.15, -0.1) is 10.2 Å².